The smallest absolute Gasteiger partial charge is 0.305 e. The molecule has 0 spiro atoms. The predicted octanol–water partition coefficient (Wildman–Crippen LogP) is 2.13. The summed E-state index contributed by atoms with van der Waals surface area (Å²) in [6.45, 7) is 2.29. The molecule has 0 aromatic heterocycles. The van der Waals surface area contributed by atoms with Crippen molar-refractivity contribution < 1.29 is 24.0 Å². The van der Waals surface area contributed by atoms with Crippen molar-refractivity contribution >= 4 is 17.9 Å². The topological polar surface area (TPSA) is 95.7 Å². The molecule has 0 aliphatic heterocycles. The van der Waals surface area contributed by atoms with Crippen LogP contribution in [0, 0.1) is 10.1 Å². The lowest BCUT2D eigenvalue weighted by Crippen LogP contribution is -2.07. The van der Waals surface area contributed by atoms with E-state index in [4.69, 9.17) is 9.47 Å². The molecule has 7 heteroatoms. The number of carbonyl (C=O) groups is 2. The largest absolute Gasteiger partial charge is 0.493 e. The summed E-state index contributed by atoms with van der Waals surface area (Å²) >= 11 is 0. The highest BCUT2D eigenvalue weighted by Crippen LogP contribution is 2.23. The van der Waals surface area contributed by atoms with Gasteiger partial charge in [-0.3, -0.25) is 19.7 Å². The maximum absolute atomic E-state index is 11.1. The first-order valence-electron chi connectivity index (χ1n) is 6.10. The Morgan fingerprint density at radius 3 is 2.80 bits per heavy atom. The van der Waals surface area contributed by atoms with Crippen LogP contribution in [0.3, 0.4) is 0 Å². The minimum absolute atomic E-state index is 0.00567. The molecule has 108 valence electrons. The van der Waals surface area contributed by atoms with Gasteiger partial charge < -0.3 is 9.47 Å². The first-order valence-corrected chi connectivity index (χ1v) is 6.10. The van der Waals surface area contributed by atoms with Crippen LogP contribution < -0.4 is 4.74 Å². The maximum Gasteiger partial charge on any atom is 0.305 e. The Morgan fingerprint density at radius 1 is 1.45 bits per heavy atom. The van der Waals surface area contributed by atoms with E-state index < -0.39 is 4.92 Å². The fourth-order valence-electron chi connectivity index (χ4n) is 1.51. The van der Waals surface area contributed by atoms with Gasteiger partial charge in [-0.05, 0) is 25.5 Å². The predicted molar refractivity (Wildman–Crippen MR) is 69.8 cm³/mol. The second-order valence-electron chi connectivity index (χ2n) is 3.85. The number of nitro groups is 1. The van der Waals surface area contributed by atoms with Crippen molar-refractivity contribution in [1.82, 2.24) is 0 Å². The van der Waals surface area contributed by atoms with Gasteiger partial charge in [0.05, 0.1) is 29.8 Å². The van der Waals surface area contributed by atoms with Crippen LogP contribution in [0.4, 0.5) is 5.69 Å². The highest BCUT2D eigenvalue weighted by Gasteiger charge is 2.14. The number of nitro benzene ring substituents is 1. The standard InChI is InChI=1S/C13H15NO6/c1-2-19-13(16)4-3-7-20-11-6-5-10(9-15)12(8-11)14(17)18/h5-6,8-9H,2-4,7H2,1H3. The number of rotatable bonds is 8. The molecule has 20 heavy (non-hydrogen) atoms. The number of aldehydes is 1. The van der Waals surface area contributed by atoms with Gasteiger partial charge in [-0.1, -0.05) is 0 Å². The second kappa shape index (κ2) is 7.88. The number of ether oxygens (including phenoxy) is 2. The Kier molecular flexibility index (Phi) is 6.15. The van der Waals surface area contributed by atoms with E-state index in [1.165, 1.54) is 18.2 Å². The van der Waals surface area contributed by atoms with Crippen molar-refractivity contribution in [1.29, 1.82) is 0 Å². The van der Waals surface area contributed by atoms with Crippen molar-refractivity contribution in [3.63, 3.8) is 0 Å². The summed E-state index contributed by atoms with van der Waals surface area (Å²) in [6, 6.07) is 3.99. The molecule has 1 rings (SSSR count). The van der Waals surface area contributed by atoms with E-state index in [2.05, 4.69) is 0 Å². The van der Waals surface area contributed by atoms with Crippen LogP contribution in [0.5, 0.6) is 5.75 Å². The zero-order chi connectivity index (χ0) is 15.0. The molecule has 0 atom stereocenters. The lowest BCUT2D eigenvalue weighted by molar-refractivity contribution is -0.385. The van der Waals surface area contributed by atoms with Gasteiger partial charge in [-0.15, -0.1) is 0 Å². The molecular weight excluding hydrogens is 266 g/mol. The molecule has 1 aromatic rings. The minimum Gasteiger partial charge on any atom is -0.493 e. The van der Waals surface area contributed by atoms with Gasteiger partial charge in [0, 0.05) is 6.42 Å². The Hall–Kier alpha value is -2.44. The summed E-state index contributed by atoms with van der Waals surface area (Å²) in [5, 5.41) is 10.8. The zero-order valence-corrected chi connectivity index (χ0v) is 11.0. The molecule has 0 unspecified atom stereocenters. The first-order chi connectivity index (χ1) is 9.58. The van der Waals surface area contributed by atoms with E-state index in [0.29, 0.717) is 19.3 Å². The molecule has 0 heterocycles. The molecule has 0 amide bonds. The van der Waals surface area contributed by atoms with Gasteiger partial charge in [-0.2, -0.15) is 0 Å². The van der Waals surface area contributed by atoms with Crippen molar-refractivity contribution in [3.05, 3.63) is 33.9 Å². The summed E-state index contributed by atoms with van der Waals surface area (Å²) in [6.07, 6.45) is 1.09. The molecule has 0 saturated heterocycles. The van der Waals surface area contributed by atoms with Crippen molar-refractivity contribution in [2.24, 2.45) is 0 Å². The molecule has 0 fully saturated rings. The van der Waals surface area contributed by atoms with Crippen LogP contribution in [0.1, 0.15) is 30.1 Å². The lowest BCUT2D eigenvalue weighted by atomic mass is 10.2. The van der Waals surface area contributed by atoms with Gasteiger partial charge in [0.25, 0.3) is 5.69 Å². The number of hydrogen-bond acceptors (Lipinski definition) is 6. The molecule has 0 N–H and O–H groups in total. The number of carbonyl (C=O) groups excluding carboxylic acids is 2. The van der Waals surface area contributed by atoms with E-state index in [-0.39, 0.29) is 36.0 Å². The monoisotopic (exact) mass is 281 g/mol. The highest BCUT2D eigenvalue weighted by atomic mass is 16.6. The molecule has 0 saturated carbocycles. The van der Waals surface area contributed by atoms with Gasteiger partial charge in [-0.25, -0.2) is 0 Å². The Labute approximate surface area is 115 Å². The Morgan fingerprint density at radius 2 is 2.20 bits per heavy atom. The summed E-state index contributed by atoms with van der Waals surface area (Å²) < 4.78 is 10.0. The Bertz CT molecular complexity index is 500. The molecule has 0 aliphatic rings. The van der Waals surface area contributed by atoms with Gasteiger partial charge in [0.1, 0.15) is 5.75 Å². The minimum atomic E-state index is -0.644. The first kappa shape index (κ1) is 15.6. The second-order valence-corrected chi connectivity index (χ2v) is 3.85. The van der Waals surface area contributed by atoms with Crippen LogP contribution in [-0.2, 0) is 9.53 Å². The molecule has 0 bridgehead atoms. The third-order valence-corrected chi connectivity index (χ3v) is 2.42. The van der Waals surface area contributed by atoms with Crippen LogP contribution in [-0.4, -0.2) is 30.4 Å². The highest BCUT2D eigenvalue weighted by molar-refractivity contribution is 5.81. The van der Waals surface area contributed by atoms with Crippen molar-refractivity contribution in [2.75, 3.05) is 13.2 Å². The average molecular weight is 281 g/mol. The van der Waals surface area contributed by atoms with Gasteiger partial charge >= 0.3 is 5.97 Å². The number of benzene rings is 1. The van der Waals surface area contributed by atoms with E-state index in [1.54, 1.807) is 6.92 Å². The number of nitrogens with zero attached hydrogens (tertiary/aromatic N) is 1. The van der Waals surface area contributed by atoms with Crippen LogP contribution in [0.2, 0.25) is 0 Å². The van der Waals surface area contributed by atoms with Gasteiger partial charge in [0.2, 0.25) is 0 Å². The quantitative estimate of drug-likeness (QED) is 0.238. The molecule has 1 aromatic carbocycles. The Balaban J connectivity index is 2.52. The molecule has 0 aliphatic carbocycles. The lowest BCUT2D eigenvalue weighted by Gasteiger charge is -2.06. The van der Waals surface area contributed by atoms with E-state index in [1.807, 2.05) is 0 Å². The van der Waals surface area contributed by atoms with E-state index >= 15 is 0 Å². The van der Waals surface area contributed by atoms with Crippen LogP contribution >= 0.6 is 0 Å². The number of hydrogen-bond donors (Lipinski definition) is 0. The molecule has 0 radical (unpaired) electrons. The summed E-state index contributed by atoms with van der Waals surface area (Å²) in [5.41, 5.74) is -0.309. The van der Waals surface area contributed by atoms with E-state index in [9.17, 15) is 19.7 Å². The van der Waals surface area contributed by atoms with Crippen LogP contribution in [0.15, 0.2) is 18.2 Å². The maximum atomic E-state index is 11.1. The summed E-state index contributed by atoms with van der Waals surface area (Å²) in [5.74, 6) is -0.0236. The summed E-state index contributed by atoms with van der Waals surface area (Å²) in [4.78, 5) is 31.8. The van der Waals surface area contributed by atoms with Gasteiger partial charge in [0.15, 0.2) is 6.29 Å². The SMILES string of the molecule is CCOC(=O)CCCOc1ccc(C=O)c([N+](=O)[O-])c1. The fourth-order valence-corrected chi connectivity index (χ4v) is 1.51. The number of esters is 1. The van der Waals surface area contributed by atoms with Crippen LogP contribution in [0.25, 0.3) is 0 Å². The van der Waals surface area contributed by atoms with E-state index in [0.717, 1.165) is 0 Å². The van der Waals surface area contributed by atoms with Crippen molar-refractivity contribution in [3.8, 4) is 5.75 Å². The zero-order valence-electron chi connectivity index (χ0n) is 11.0. The summed E-state index contributed by atoms with van der Waals surface area (Å²) in [7, 11) is 0. The molecular formula is C13H15NO6. The molecule has 7 nitrogen and oxygen atoms in total. The third kappa shape index (κ3) is 4.68. The normalized spacial score (nSPS) is 9.85. The van der Waals surface area contributed by atoms with Crippen molar-refractivity contribution in [2.45, 2.75) is 19.8 Å². The average Bonchev–Trinajstić information content (AvgIpc) is 2.43. The third-order valence-electron chi connectivity index (χ3n) is 2.42. The fraction of sp³-hybridized carbons (Fsp3) is 0.385.